The number of hydrogen-bond acceptors (Lipinski definition) is 7. The third kappa shape index (κ3) is 7.19. The number of ether oxygens (including phenoxy) is 1. The fourth-order valence-electron chi connectivity index (χ4n) is 4.54. The average Bonchev–Trinajstić information content (AvgIpc) is 3.47. The molecule has 0 bridgehead atoms. The van der Waals surface area contributed by atoms with E-state index in [0.29, 0.717) is 23.0 Å². The second-order valence-corrected chi connectivity index (χ2v) is 9.68. The molecule has 2 aromatic heterocycles. The Kier molecular flexibility index (Phi) is 9.44. The summed E-state index contributed by atoms with van der Waals surface area (Å²) in [7, 11) is 0. The molecule has 4 N–H and O–H groups in total. The number of fused-ring (bicyclic) bond motifs is 1. The summed E-state index contributed by atoms with van der Waals surface area (Å²) >= 11 is 5.83. The molecule has 0 spiro atoms. The summed E-state index contributed by atoms with van der Waals surface area (Å²) in [5, 5.41) is 26.5. The molecule has 5 rings (SSSR count). The van der Waals surface area contributed by atoms with Crippen molar-refractivity contribution in [2.24, 2.45) is 0 Å². The van der Waals surface area contributed by atoms with Gasteiger partial charge in [-0.1, -0.05) is 23.7 Å². The Morgan fingerprint density at radius 3 is 2.67 bits per heavy atom. The van der Waals surface area contributed by atoms with Crippen molar-refractivity contribution in [1.82, 2.24) is 10.3 Å². The molecule has 1 aliphatic carbocycles. The third-order valence-electron chi connectivity index (χ3n) is 6.53. The Balaban J connectivity index is 0.00000370. The summed E-state index contributed by atoms with van der Waals surface area (Å²) in [5.41, 5.74) is 3.26. The molecule has 2 heterocycles. The van der Waals surface area contributed by atoms with Gasteiger partial charge in [-0.3, -0.25) is 4.79 Å². The van der Waals surface area contributed by atoms with Gasteiger partial charge in [-0.25, -0.2) is 9.78 Å². The second-order valence-electron chi connectivity index (χ2n) is 9.29. The predicted molar refractivity (Wildman–Crippen MR) is 152 cm³/mol. The molecule has 208 valence electrons. The SMILES string of the molecule is Cl.O=C(O)c1cc(NC(=O)c2ccco2)cc(Oc2ccc3c(c2)C[C@@H](NC[C@H](O)c2ccc(Cl)nc2)CC3)c1. The van der Waals surface area contributed by atoms with Crippen LogP contribution in [0.2, 0.25) is 5.15 Å². The first-order valence-electron chi connectivity index (χ1n) is 12.4. The number of amides is 1. The number of pyridine rings is 1. The summed E-state index contributed by atoms with van der Waals surface area (Å²) in [6, 6.07) is 16.8. The zero-order valence-electron chi connectivity index (χ0n) is 21.2. The number of aryl methyl sites for hydroxylation is 1. The lowest BCUT2D eigenvalue weighted by molar-refractivity contribution is 0.0696. The van der Waals surface area contributed by atoms with Crippen LogP contribution >= 0.6 is 24.0 Å². The van der Waals surface area contributed by atoms with Crippen LogP contribution in [0.1, 0.15) is 50.1 Å². The van der Waals surface area contributed by atoms with Crippen LogP contribution in [0.25, 0.3) is 0 Å². The molecule has 1 aliphatic rings. The van der Waals surface area contributed by atoms with Crippen LogP contribution in [0, 0.1) is 0 Å². The maximum atomic E-state index is 12.4. The van der Waals surface area contributed by atoms with E-state index in [1.807, 2.05) is 18.2 Å². The monoisotopic (exact) mass is 583 g/mol. The Morgan fingerprint density at radius 2 is 1.95 bits per heavy atom. The van der Waals surface area contributed by atoms with Gasteiger partial charge >= 0.3 is 5.97 Å². The minimum Gasteiger partial charge on any atom is -0.478 e. The highest BCUT2D eigenvalue weighted by molar-refractivity contribution is 6.29. The second kappa shape index (κ2) is 13.0. The standard InChI is InChI=1S/C29H26ClN3O6.ClH/c30-27-8-5-18(15-32-27)25(34)16-31-21-6-3-17-4-7-23(12-19(17)10-21)39-24-13-20(29(36)37)11-22(14-24)33-28(35)26-2-1-9-38-26;/h1-2,4-5,7-9,11-15,21,25,31,34H,3,6,10,16H2,(H,33,35)(H,36,37);1H/t21-,25-;/m0./s1. The molecule has 2 atom stereocenters. The number of furan rings is 1. The lowest BCUT2D eigenvalue weighted by atomic mass is 9.88. The third-order valence-corrected chi connectivity index (χ3v) is 6.76. The molecule has 0 fully saturated rings. The van der Waals surface area contributed by atoms with Gasteiger partial charge in [0.2, 0.25) is 0 Å². The van der Waals surface area contributed by atoms with E-state index in [9.17, 15) is 19.8 Å². The van der Waals surface area contributed by atoms with E-state index >= 15 is 0 Å². The van der Waals surface area contributed by atoms with Crippen LogP contribution in [-0.4, -0.2) is 39.7 Å². The van der Waals surface area contributed by atoms with Crippen LogP contribution in [0.4, 0.5) is 5.69 Å². The number of anilines is 1. The molecular weight excluding hydrogens is 557 g/mol. The number of carboxylic acid groups (broad SMARTS) is 1. The van der Waals surface area contributed by atoms with Crippen molar-refractivity contribution in [2.75, 3.05) is 11.9 Å². The molecule has 0 unspecified atom stereocenters. The molecule has 0 saturated carbocycles. The van der Waals surface area contributed by atoms with E-state index in [-0.39, 0.29) is 41.2 Å². The molecule has 0 aliphatic heterocycles. The molecule has 0 saturated heterocycles. The summed E-state index contributed by atoms with van der Waals surface area (Å²) in [4.78, 5) is 28.1. The predicted octanol–water partition coefficient (Wildman–Crippen LogP) is 5.67. The van der Waals surface area contributed by atoms with Crippen LogP contribution in [-0.2, 0) is 12.8 Å². The molecule has 40 heavy (non-hydrogen) atoms. The van der Waals surface area contributed by atoms with Crippen molar-refractivity contribution in [3.63, 3.8) is 0 Å². The molecule has 4 aromatic rings. The number of hydrogen-bond donors (Lipinski definition) is 4. The van der Waals surface area contributed by atoms with Crippen molar-refractivity contribution >= 4 is 41.6 Å². The van der Waals surface area contributed by atoms with Gasteiger partial charge < -0.3 is 30.0 Å². The first-order chi connectivity index (χ1) is 18.8. The molecule has 9 nitrogen and oxygen atoms in total. The van der Waals surface area contributed by atoms with E-state index < -0.39 is 18.0 Å². The highest BCUT2D eigenvalue weighted by Gasteiger charge is 2.21. The van der Waals surface area contributed by atoms with Crippen molar-refractivity contribution < 1.29 is 29.0 Å². The quantitative estimate of drug-likeness (QED) is 0.185. The zero-order chi connectivity index (χ0) is 27.4. The number of aliphatic hydroxyl groups is 1. The topological polar surface area (TPSA) is 134 Å². The number of rotatable bonds is 9. The number of aromatic nitrogens is 1. The van der Waals surface area contributed by atoms with Gasteiger partial charge in [-0.2, -0.15) is 0 Å². The number of nitrogens with one attached hydrogen (secondary N) is 2. The number of carbonyl (C=O) groups excluding carboxylic acids is 1. The fourth-order valence-corrected chi connectivity index (χ4v) is 4.65. The van der Waals surface area contributed by atoms with Crippen LogP contribution in [0.5, 0.6) is 11.5 Å². The van der Waals surface area contributed by atoms with Gasteiger partial charge in [0, 0.05) is 36.1 Å². The zero-order valence-corrected chi connectivity index (χ0v) is 22.7. The Hall–Kier alpha value is -3.89. The van der Waals surface area contributed by atoms with Gasteiger partial charge in [0.25, 0.3) is 5.91 Å². The van der Waals surface area contributed by atoms with E-state index in [1.165, 1.54) is 30.0 Å². The summed E-state index contributed by atoms with van der Waals surface area (Å²) in [6.45, 7) is 0.383. The largest absolute Gasteiger partial charge is 0.478 e. The number of halogens is 2. The Labute approximate surface area is 241 Å². The summed E-state index contributed by atoms with van der Waals surface area (Å²) in [6.07, 6.45) is 4.81. The molecular formula is C29H27Cl2N3O6. The number of nitrogens with zero attached hydrogens (tertiary/aromatic N) is 1. The molecule has 1 amide bonds. The number of aliphatic hydroxyl groups excluding tert-OH is 1. The number of carboxylic acids is 1. The minimum absolute atomic E-state index is 0. The van der Waals surface area contributed by atoms with Crippen LogP contribution in [0.3, 0.4) is 0 Å². The smallest absolute Gasteiger partial charge is 0.335 e. The van der Waals surface area contributed by atoms with Gasteiger partial charge in [-0.15, -0.1) is 12.4 Å². The molecule has 2 aromatic carbocycles. The van der Waals surface area contributed by atoms with Crippen LogP contribution in [0.15, 0.2) is 77.5 Å². The van der Waals surface area contributed by atoms with Crippen LogP contribution < -0.4 is 15.4 Å². The summed E-state index contributed by atoms with van der Waals surface area (Å²) < 4.78 is 11.1. The van der Waals surface area contributed by atoms with E-state index in [2.05, 4.69) is 15.6 Å². The number of benzene rings is 2. The normalized spacial score (nSPS) is 14.9. The van der Waals surface area contributed by atoms with Crippen molar-refractivity contribution in [1.29, 1.82) is 0 Å². The van der Waals surface area contributed by atoms with Gasteiger partial charge in [-0.05, 0) is 72.9 Å². The Morgan fingerprint density at radius 1 is 1.10 bits per heavy atom. The van der Waals surface area contributed by atoms with Gasteiger partial charge in [0.15, 0.2) is 5.76 Å². The lowest BCUT2D eigenvalue weighted by Gasteiger charge is -2.27. The van der Waals surface area contributed by atoms with Crippen molar-refractivity contribution in [2.45, 2.75) is 31.4 Å². The van der Waals surface area contributed by atoms with Crippen molar-refractivity contribution in [3.8, 4) is 11.5 Å². The Bertz CT molecular complexity index is 1480. The van der Waals surface area contributed by atoms with E-state index in [0.717, 1.165) is 24.8 Å². The van der Waals surface area contributed by atoms with Gasteiger partial charge in [0.1, 0.15) is 16.7 Å². The molecule has 11 heteroatoms. The maximum absolute atomic E-state index is 12.4. The lowest BCUT2D eigenvalue weighted by Crippen LogP contribution is -2.37. The van der Waals surface area contributed by atoms with Gasteiger partial charge in [0.05, 0.1) is 17.9 Å². The maximum Gasteiger partial charge on any atom is 0.335 e. The fraction of sp³-hybridized carbons (Fsp3) is 0.207. The highest BCUT2D eigenvalue weighted by atomic mass is 35.5. The highest BCUT2D eigenvalue weighted by Crippen LogP contribution is 2.31. The molecule has 0 radical (unpaired) electrons. The number of aromatic carboxylic acids is 1. The number of carbonyl (C=O) groups is 2. The van der Waals surface area contributed by atoms with Crippen molar-refractivity contribution in [3.05, 3.63) is 106 Å². The first kappa shape index (κ1) is 29.1. The first-order valence-corrected chi connectivity index (χ1v) is 12.8. The van der Waals surface area contributed by atoms with E-state index in [1.54, 1.807) is 30.5 Å². The summed E-state index contributed by atoms with van der Waals surface area (Å²) in [5.74, 6) is -0.723. The average molecular weight is 584 g/mol. The minimum atomic E-state index is -1.15. The van der Waals surface area contributed by atoms with E-state index in [4.69, 9.17) is 20.8 Å².